The largest absolute Gasteiger partial charge is 0.368 e. The van der Waals surface area contributed by atoms with Crippen molar-refractivity contribution in [1.82, 2.24) is 10.2 Å². The molecule has 0 aromatic heterocycles. The van der Waals surface area contributed by atoms with E-state index < -0.39 is 5.54 Å². The molecule has 2 saturated carbocycles. The quantitative estimate of drug-likeness (QED) is 0.820. The maximum Gasteiger partial charge on any atom is 0.237 e. The SMILES string of the molecule is CCNC1(C(N)=O)CCCC(N2CC3CCCC3C2)C1. The standard InChI is InChI=1S/C16H29N3O/c1-2-18-16(15(17)20)8-4-7-14(9-16)19-10-12-5-3-6-13(12)11-19/h12-14,18H,2-11H2,1H3,(H2,17,20). The number of fused-ring (bicyclic) bond motifs is 1. The molecule has 0 spiro atoms. The second-order valence-electron chi connectivity index (χ2n) is 7.13. The minimum atomic E-state index is -0.449. The van der Waals surface area contributed by atoms with Gasteiger partial charge in [-0.1, -0.05) is 13.3 Å². The van der Waals surface area contributed by atoms with Gasteiger partial charge in [0.25, 0.3) is 0 Å². The van der Waals surface area contributed by atoms with Crippen molar-refractivity contribution in [2.75, 3.05) is 19.6 Å². The second-order valence-corrected chi connectivity index (χ2v) is 7.13. The van der Waals surface area contributed by atoms with Crippen molar-refractivity contribution in [2.45, 2.75) is 63.5 Å². The molecule has 4 nitrogen and oxygen atoms in total. The molecule has 4 unspecified atom stereocenters. The fourth-order valence-corrected chi connectivity index (χ4v) is 4.94. The van der Waals surface area contributed by atoms with Crippen LogP contribution in [-0.2, 0) is 4.79 Å². The Labute approximate surface area is 122 Å². The molecule has 114 valence electrons. The van der Waals surface area contributed by atoms with Crippen molar-refractivity contribution in [3.8, 4) is 0 Å². The third-order valence-corrected chi connectivity index (χ3v) is 5.98. The van der Waals surface area contributed by atoms with Crippen molar-refractivity contribution in [3.05, 3.63) is 0 Å². The summed E-state index contributed by atoms with van der Waals surface area (Å²) in [5.74, 6) is 1.71. The lowest BCUT2D eigenvalue weighted by Crippen LogP contribution is -2.60. The highest BCUT2D eigenvalue weighted by molar-refractivity contribution is 5.84. The van der Waals surface area contributed by atoms with Gasteiger partial charge in [0.2, 0.25) is 5.91 Å². The molecule has 4 atom stereocenters. The third-order valence-electron chi connectivity index (χ3n) is 5.98. The monoisotopic (exact) mass is 279 g/mol. The molecule has 3 N–H and O–H groups in total. The number of carbonyl (C=O) groups excluding carboxylic acids is 1. The van der Waals surface area contributed by atoms with E-state index in [0.717, 1.165) is 37.6 Å². The molecule has 3 aliphatic rings. The van der Waals surface area contributed by atoms with E-state index in [-0.39, 0.29) is 5.91 Å². The van der Waals surface area contributed by atoms with Crippen molar-refractivity contribution in [2.24, 2.45) is 17.6 Å². The molecule has 1 amide bonds. The zero-order valence-corrected chi connectivity index (χ0v) is 12.7. The van der Waals surface area contributed by atoms with Gasteiger partial charge in [0, 0.05) is 19.1 Å². The summed E-state index contributed by atoms with van der Waals surface area (Å²) in [6.45, 7) is 5.40. The van der Waals surface area contributed by atoms with Crippen LogP contribution in [0.2, 0.25) is 0 Å². The summed E-state index contributed by atoms with van der Waals surface area (Å²) in [4.78, 5) is 14.6. The van der Waals surface area contributed by atoms with E-state index in [4.69, 9.17) is 5.73 Å². The van der Waals surface area contributed by atoms with Gasteiger partial charge in [0.15, 0.2) is 0 Å². The number of likely N-dealkylation sites (tertiary alicyclic amines) is 1. The van der Waals surface area contributed by atoms with E-state index in [9.17, 15) is 4.79 Å². The summed E-state index contributed by atoms with van der Waals surface area (Å²) in [7, 11) is 0. The number of nitrogens with two attached hydrogens (primary N) is 1. The highest BCUT2D eigenvalue weighted by Gasteiger charge is 2.45. The molecule has 4 heteroatoms. The molecule has 3 fully saturated rings. The first-order valence-corrected chi connectivity index (χ1v) is 8.43. The molecule has 20 heavy (non-hydrogen) atoms. The van der Waals surface area contributed by atoms with Crippen molar-refractivity contribution in [1.29, 1.82) is 0 Å². The Morgan fingerprint density at radius 3 is 2.55 bits per heavy atom. The summed E-state index contributed by atoms with van der Waals surface area (Å²) in [6, 6.07) is 0.556. The summed E-state index contributed by atoms with van der Waals surface area (Å²) in [6.07, 6.45) is 8.44. The van der Waals surface area contributed by atoms with Crippen LogP contribution in [0.5, 0.6) is 0 Å². The zero-order chi connectivity index (χ0) is 14.2. The van der Waals surface area contributed by atoms with Crippen LogP contribution in [0.15, 0.2) is 0 Å². The first-order valence-electron chi connectivity index (χ1n) is 8.43. The third kappa shape index (κ3) is 2.48. The Morgan fingerprint density at radius 2 is 1.95 bits per heavy atom. The molecule has 0 radical (unpaired) electrons. The average Bonchev–Trinajstić information content (AvgIpc) is 2.99. The van der Waals surface area contributed by atoms with Crippen LogP contribution in [-0.4, -0.2) is 42.0 Å². The van der Waals surface area contributed by atoms with Crippen LogP contribution in [0.1, 0.15) is 51.9 Å². The summed E-state index contributed by atoms with van der Waals surface area (Å²) in [5.41, 5.74) is 5.27. The normalized spacial score (nSPS) is 41.8. The summed E-state index contributed by atoms with van der Waals surface area (Å²) >= 11 is 0. The Hall–Kier alpha value is -0.610. The van der Waals surface area contributed by atoms with Crippen LogP contribution in [0.25, 0.3) is 0 Å². The molecule has 1 heterocycles. The van der Waals surface area contributed by atoms with E-state index in [0.29, 0.717) is 6.04 Å². The molecule has 3 rings (SSSR count). The Bertz CT molecular complexity index is 357. The van der Waals surface area contributed by atoms with Crippen molar-refractivity contribution in [3.63, 3.8) is 0 Å². The van der Waals surface area contributed by atoms with Gasteiger partial charge in [-0.2, -0.15) is 0 Å². The number of hydrogen-bond donors (Lipinski definition) is 2. The van der Waals surface area contributed by atoms with Crippen molar-refractivity contribution >= 4 is 5.91 Å². The lowest BCUT2D eigenvalue weighted by molar-refractivity contribution is -0.126. The number of amides is 1. The number of rotatable bonds is 4. The number of likely N-dealkylation sites (N-methyl/N-ethyl adjacent to an activating group) is 1. The van der Waals surface area contributed by atoms with Crippen LogP contribution < -0.4 is 11.1 Å². The van der Waals surface area contributed by atoms with Crippen molar-refractivity contribution < 1.29 is 4.79 Å². The predicted molar refractivity (Wildman–Crippen MR) is 80.3 cm³/mol. The van der Waals surface area contributed by atoms with E-state index in [1.54, 1.807) is 0 Å². The van der Waals surface area contributed by atoms with Gasteiger partial charge in [0.05, 0.1) is 5.54 Å². The Balaban J connectivity index is 1.67. The van der Waals surface area contributed by atoms with Crippen LogP contribution in [0.3, 0.4) is 0 Å². The van der Waals surface area contributed by atoms with Gasteiger partial charge >= 0.3 is 0 Å². The fraction of sp³-hybridized carbons (Fsp3) is 0.938. The Kier molecular flexibility index (Phi) is 4.04. The van der Waals surface area contributed by atoms with Gasteiger partial charge < -0.3 is 11.1 Å². The Morgan fingerprint density at radius 1 is 1.25 bits per heavy atom. The molecule has 2 aliphatic carbocycles. The molecular formula is C16H29N3O. The molecule has 0 aromatic carbocycles. The predicted octanol–water partition coefficient (Wildman–Crippen LogP) is 1.49. The highest BCUT2D eigenvalue weighted by Crippen LogP contribution is 2.41. The van der Waals surface area contributed by atoms with Gasteiger partial charge in [-0.05, 0) is 56.9 Å². The van der Waals surface area contributed by atoms with Crippen LogP contribution in [0, 0.1) is 11.8 Å². The minimum absolute atomic E-state index is 0.150. The maximum atomic E-state index is 12.0. The van der Waals surface area contributed by atoms with E-state index in [1.165, 1.54) is 38.8 Å². The second kappa shape index (κ2) is 5.64. The van der Waals surface area contributed by atoms with Gasteiger partial charge in [-0.15, -0.1) is 0 Å². The highest BCUT2D eigenvalue weighted by atomic mass is 16.1. The number of hydrogen-bond acceptors (Lipinski definition) is 3. The summed E-state index contributed by atoms with van der Waals surface area (Å²) in [5, 5.41) is 3.40. The smallest absolute Gasteiger partial charge is 0.237 e. The molecule has 1 aliphatic heterocycles. The zero-order valence-electron chi connectivity index (χ0n) is 12.7. The average molecular weight is 279 g/mol. The molecule has 0 bridgehead atoms. The van der Waals surface area contributed by atoms with Gasteiger partial charge in [0.1, 0.15) is 0 Å². The topological polar surface area (TPSA) is 58.4 Å². The van der Waals surface area contributed by atoms with Crippen LogP contribution >= 0.6 is 0 Å². The molecule has 0 aromatic rings. The van der Waals surface area contributed by atoms with Crippen LogP contribution in [0.4, 0.5) is 0 Å². The van der Waals surface area contributed by atoms with E-state index >= 15 is 0 Å². The van der Waals surface area contributed by atoms with E-state index in [2.05, 4.69) is 17.1 Å². The lowest BCUT2D eigenvalue weighted by atomic mass is 9.77. The minimum Gasteiger partial charge on any atom is -0.368 e. The number of nitrogens with zero attached hydrogens (tertiary/aromatic N) is 1. The van der Waals surface area contributed by atoms with E-state index in [1.807, 2.05) is 0 Å². The number of carbonyl (C=O) groups is 1. The lowest BCUT2D eigenvalue weighted by Gasteiger charge is -2.42. The maximum absolute atomic E-state index is 12.0. The number of nitrogens with one attached hydrogen (secondary N) is 1. The fourth-order valence-electron chi connectivity index (χ4n) is 4.94. The van der Waals surface area contributed by atoms with Gasteiger partial charge in [-0.25, -0.2) is 0 Å². The molecular weight excluding hydrogens is 250 g/mol. The molecule has 1 saturated heterocycles. The first kappa shape index (κ1) is 14.3. The summed E-state index contributed by atoms with van der Waals surface area (Å²) < 4.78 is 0. The van der Waals surface area contributed by atoms with Gasteiger partial charge in [-0.3, -0.25) is 9.69 Å². The first-order chi connectivity index (χ1) is 9.64. The number of primary amides is 1.